The Morgan fingerprint density at radius 3 is 0.674 bits per heavy atom. The van der Waals surface area contributed by atoms with Gasteiger partial charge in [-0.25, -0.2) is 9.98 Å². The molecular weight excluding hydrogens is 1120 g/mol. The molecular formula is C74H118N10Ti2. The Balaban J connectivity index is -0.000000369. The molecule has 0 aliphatic rings. The van der Waals surface area contributed by atoms with E-state index in [1.807, 2.05) is 77.7 Å². The van der Waals surface area contributed by atoms with Crippen LogP contribution in [0.5, 0.6) is 0 Å². The topological polar surface area (TPSA) is 116 Å². The number of amidine groups is 1. The minimum absolute atomic E-state index is 0. The monoisotopic (exact) mass is 1240 g/mol. The van der Waals surface area contributed by atoms with E-state index in [4.69, 9.17) is 0 Å². The maximum Gasteiger partial charge on any atom is 4.00 e. The number of imidazole rings is 2. The summed E-state index contributed by atoms with van der Waals surface area (Å²) < 4.78 is 7.86. The van der Waals surface area contributed by atoms with E-state index in [-0.39, 0.29) is 91.8 Å². The molecule has 10 nitrogen and oxygen atoms in total. The molecule has 0 amide bonds. The summed E-state index contributed by atoms with van der Waals surface area (Å²) in [4.78, 5) is 12.2. The largest absolute Gasteiger partial charge is 4.00 e. The van der Waals surface area contributed by atoms with Crippen molar-refractivity contribution in [1.29, 1.82) is 0 Å². The molecule has 0 saturated heterocycles. The summed E-state index contributed by atoms with van der Waals surface area (Å²) in [6.45, 7) is 53.5. The Bertz CT molecular complexity index is 2610. The van der Waals surface area contributed by atoms with Crippen LogP contribution in [0.3, 0.4) is 0 Å². The van der Waals surface area contributed by atoms with Crippen molar-refractivity contribution in [3.8, 4) is 22.7 Å². The zero-order valence-electron chi connectivity index (χ0n) is 59.6. The van der Waals surface area contributed by atoms with Crippen molar-refractivity contribution in [2.75, 3.05) is 0 Å². The molecule has 86 heavy (non-hydrogen) atoms. The van der Waals surface area contributed by atoms with E-state index in [0.717, 1.165) is 28.6 Å². The molecule has 6 rings (SSSR count). The first-order valence-corrected chi connectivity index (χ1v) is 29.5. The molecule has 2 heterocycles. The predicted molar refractivity (Wildman–Crippen MR) is 375 cm³/mol. The number of benzene rings is 4. The van der Waals surface area contributed by atoms with Crippen LogP contribution in [-0.4, -0.2) is 54.3 Å². The van der Waals surface area contributed by atoms with Gasteiger partial charge in [0, 0.05) is 11.2 Å². The van der Waals surface area contributed by atoms with E-state index < -0.39 is 0 Å². The summed E-state index contributed by atoms with van der Waals surface area (Å²) in [5, 5.41) is 27.2. The summed E-state index contributed by atoms with van der Waals surface area (Å²) in [6, 6.07) is 29.9. The Kier molecular flexibility index (Phi) is 44.1. The van der Waals surface area contributed by atoms with E-state index in [0.29, 0.717) is 71.5 Å². The second kappa shape index (κ2) is 42.2. The van der Waals surface area contributed by atoms with Crippen molar-refractivity contribution in [3.63, 3.8) is 0 Å². The average Bonchev–Trinajstić information content (AvgIpc) is 3.93. The second-order valence-electron chi connectivity index (χ2n) is 24.6. The number of hydrogen-bond acceptors (Lipinski definition) is 3. The number of rotatable bonds is 16. The minimum atomic E-state index is 0. The summed E-state index contributed by atoms with van der Waals surface area (Å²) in [5.41, 5.74) is 14.9. The maximum absolute atomic E-state index is 11.5. The van der Waals surface area contributed by atoms with Crippen molar-refractivity contribution >= 4 is 11.8 Å². The quantitative estimate of drug-likeness (QED) is 0.0397. The second-order valence-corrected chi connectivity index (χ2v) is 24.6. The fourth-order valence-corrected chi connectivity index (χ4v) is 9.67. The van der Waals surface area contributed by atoms with Gasteiger partial charge in [-0.1, -0.05) is 217 Å². The summed E-state index contributed by atoms with van der Waals surface area (Å²) in [5.74, 6) is 3.82. The van der Waals surface area contributed by atoms with Crippen molar-refractivity contribution in [2.45, 2.75) is 245 Å². The van der Waals surface area contributed by atoms with Gasteiger partial charge in [0.2, 0.25) is 0 Å². The number of nitrogens with zero attached hydrogens (tertiary/aromatic N) is 10. The van der Waals surface area contributed by atoms with Gasteiger partial charge in [-0.05, 0) is 186 Å². The van der Waals surface area contributed by atoms with Crippen LogP contribution in [0.1, 0.15) is 265 Å². The first-order chi connectivity index (χ1) is 36.9. The zero-order chi connectivity index (χ0) is 59.7. The fourth-order valence-electron chi connectivity index (χ4n) is 9.67. The van der Waals surface area contributed by atoms with E-state index in [9.17, 15) is 10.8 Å². The smallest absolute Gasteiger partial charge is 0.467 e. The van der Waals surface area contributed by atoms with Crippen LogP contribution in [0.15, 0.2) is 113 Å². The van der Waals surface area contributed by atoms with E-state index in [1.54, 1.807) is 0 Å². The number of aliphatic imine (C=N–C) groups is 3. The summed E-state index contributed by atoms with van der Waals surface area (Å²) >= 11 is 0. The van der Waals surface area contributed by atoms with E-state index in [2.05, 4.69) is 238 Å². The Morgan fingerprint density at radius 2 is 0.535 bits per heavy atom. The molecule has 2 aromatic heterocycles. The molecule has 0 fully saturated rings. The third-order valence-corrected chi connectivity index (χ3v) is 13.4. The van der Waals surface area contributed by atoms with Gasteiger partial charge in [0.25, 0.3) is 0 Å². The Labute approximate surface area is 558 Å². The number of hydrogen-bond donors (Lipinski definition) is 0. The van der Waals surface area contributed by atoms with Gasteiger partial charge in [-0.15, -0.1) is 0 Å². The van der Waals surface area contributed by atoms with Gasteiger partial charge in [-0.3, -0.25) is 0 Å². The van der Waals surface area contributed by atoms with Crippen LogP contribution in [0.4, 0.5) is 0 Å². The molecule has 12 heteroatoms. The van der Waals surface area contributed by atoms with E-state index >= 15 is 0 Å². The molecule has 0 spiro atoms. The van der Waals surface area contributed by atoms with Crippen molar-refractivity contribution in [2.24, 2.45) is 15.0 Å². The van der Waals surface area contributed by atoms with Gasteiger partial charge < -0.3 is 76.5 Å². The first kappa shape index (κ1) is 89.9. The molecule has 6 aromatic rings. The first-order valence-electron chi connectivity index (χ1n) is 29.5. The maximum atomic E-state index is 11.5. The molecule has 0 saturated carbocycles. The summed E-state index contributed by atoms with van der Waals surface area (Å²) in [7, 11) is 0. The Morgan fingerprint density at radius 1 is 0.349 bits per heavy atom. The number of para-hydroxylation sites is 4. The minimum Gasteiger partial charge on any atom is -0.467 e. The molecule has 4 aromatic carbocycles. The predicted octanol–water partition coefficient (Wildman–Crippen LogP) is 21.3. The molecule has 0 unspecified atom stereocenters. The molecule has 0 radical (unpaired) electrons. The zero-order valence-corrected chi connectivity index (χ0v) is 62.8. The van der Waals surface area contributed by atoms with Crippen LogP contribution in [0.2, 0.25) is 0 Å². The summed E-state index contributed by atoms with van der Waals surface area (Å²) in [6.07, 6.45) is 8.01. The molecule has 0 bridgehead atoms. The van der Waals surface area contributed by atoms with E-state index in [1.165, 1.54) is 44.5 Å². The molecule has 0 aliphatic heterocycles. The van der Waals surface area contributed by atoms with Gasteiger partial charge in [0.1, 0.15) is 0 Å². The van der Waals surface area contributed by atoms with Crippen LogP contribution in [0, 0.1) is 37.1 Å². The van der Waals surface area contributed by atoms with Crippen molar-refractivity contribution in [1.82, 2.24) is 18.3 Å². The van der Waals surface area contributed by atoms with Crippen LogP contribution in [-0.2, 0) is 43.4 Å². The number of aromatic nitrogens is 4. The normalized spacial score (nSPS) is 10.9. The van der Waals surface area contributed by atoms with Crippen molar-refractivity contribution < 1.29 is 43.4 Å². The van der Waals surface area contributed by atoms with Crippen LogP contribution >= 0.6 is 0 Å². The van der Waals surface area contributed by atoms with Gasteiger partial charge in [-0.2, -0.15) is 0 Å². The Hall–Kier alpha value is -4.82. The third-order valence-electron chi connectivity index (χ3n) is 13.4. The third kappa shape index (κ3) is 25.0. The molecule has 472 valence electrons. The van der Waals surface area contributed by atoms with Crippen LogP contribution < -0.4 is 11.2 Å². The van der Waals surface area contributed by atoms with Gasteiger partial charge in [0.05, 0.1) is 18.1 Å². The van der Waals surface area contributed by atoms with Gasteiger partial charge >= 0.3 is 43.4 Å². The van der Waals surface area contributed by atoms with Gasteiger partial charge in [0.15, 0.2) is 0 Å². The van der Waals surface area contributed by atoms with Crippen molar-refractivity contribution in [3.05, 3.63) is 207 Å². The average molecular weight is 1240 g/mol. The molecule has 0 aliphatic carbocycles. The molecule has 0 atom stereocenters. The fraction of sp³-hybridized carbons (Fsp3) is 0.500. The molecule has 0 N–H and O–H groups in total. The SMILES string of the molecule is CC(=NC(C)C)[N-]C(C)C.CC(C)N=C=NC(C)C.CC(C)c1cccc(C(C)C)c1-n1ccn(-c2c(C(C)C)cccc2C(C)C)c1=[N-].CC(C)c1cccc(C(C)C)c1-n1ccn(-c2c(C(C)C)cccc2C(C)C)c1=[N-].[CH3-].[CH3-].[CH3-].[CH3-].[CH3-].[Ti+4].[Ti+4]. The standard InChI is InChI=1S/2C27H36N3.C8H17N2.C7H14N2.5CH3.2Ti/c2*1-17(2)21-11-9-12-22(18(3)4)25(21)29-15-16-30(27(29)28)26-23(19(5)6)13-10-14-24(26)20(7)8;1-6(2)9-8(5)10-7(3)4;1-6(2)8-5-9-7(3)4;;;;;;;/h2*9-20H,1-8H3;6-7H,1-5H3;6-7H,1-4H3;5*1H3;;/q3*-1;;5*-1;2*+4. The van der Waals surface area contributed by atoms with Crippen LogP contribution in [0.25, 0.3) is 38.9 Å².